The van der Waals surface area contributed by atoms with Gasteiger partial charge in [0.05, 0.1) is 17.1 Å². The Hall–Kier alpha value is -3.97. The first kappa shape index (κ1) is 19.0. The Balaban J connectivity index is 1.34. The van der Waals surface area contributed by atoms with Crippen LogP contribution in [0.5, 0.6) is 0 Å². The maximum absolute atomic E-state index is 13.1. The smallest absolute Gasteiger partial charge is 0.153 e. The fourth-order valence-corrected chi connectivity index (χ4v) is 3.90. The average Bonchev–Trinajstić information content (AvgIpc) is 3.32. The molecule has 0 saturated heterocycles. The Bertz CT molecular complexity index is 1300. The molecule has 0 bridgehead atoms. The largest absolute Gasteiger partial charge is 0.339 e. The van der Waals surface area contributed by atoms with Gasteiger partial charge in [-0.05, 0) is 60.7 Å². The van der Waals surface area contributed by atoms with E-state index in [4.69, 9.17) is 4.98 Å². The van der Waals surface area contributed by atoms with Gasteiger partial charge in [0.15, 0.2) is 5.82 Å². The topological polar surface area (TPSA) is 63.6 Å². The van der Waals surface area contributed by atoms with Crippen molar-refractivity contribution in [1.82, 2.24) is 20.2 Å². The van der Waals surface area contributed by atoms with Gasteiger partial charge in [0.25, 0.3) is 0 Å². The summed E-state index contributed by atoms with van der Waals surface area (Å²) >= 11 is 1.57. The van der Waals surface area contributed by atoms with Crippen molar-refractivity contribution in [3.8, 4) is 33.2 Å². The molecule has 0 atom stereocenters. The zero-order chi connectivity index (χ0) is 21.0. The maximum Gasteiger partial charge on any atom is 0.153 e. The normalized spacial score (nSPS) is 10.7. The lowest BCUT2D eigenvalue weighted by Gasteiger charge is -2.07. The van der Waals surface area contributed by atoms with Crippen molar-refractivity contribution in [3.63, 3.8) is 0 Å². The zero-order valence-electron chi connectivity index (χ0n) is 16.2. The number of thiazole rings is 1. The highest BCUT2D eigenvalue weighted by molar-refractivity contribution is 7.13. The SMILES string of the molecule is Fc1ccc(-c2ccc(Nc3cccc(-c4csc(-c5ccccn5)n4)c3)nn2)cc1. The molecule has 3 heterocycles. The molecule has 0 aliphatic heterocycles. The second-order valence-corrected chi connectivity index (χ2v) is 7.63. The molecule has 1 N–H and O–H groups in total. The van der Waals surface area contributed by atoms with E-state index in [1.807, 2.05) is 60.0 Å². The Morgan fingerprint density at radius 3 is 2.42 bits per heavy atom. The van der Waals surface area contributed by atoms with Crippen LogP contribution in [0.3, 0.4) is 0 Å². The summed E-state index contributed by atoms with van der Waals surface area (Å²) in [4.78, 5) is 9.09. The molecule has 5 aromatic rings. The van der Waals surface area contributed by atoms with Gasteiger partial charge in [-0.1, -0.05) is 18.2 Å². The zero-order valence-corrected chi connectivity index (χ0v) is 17.1. The predicted octanol–water partition coefficient (Wildman–Crippen LogP) is 6.21. The van der Waals surface area contributed by atoms with Crippen LogP contribution in [0.15, 0.2) is 90.4 Å². The first-order valence-electron chi connectivity index (χ1n) is 9.59. The van der Waals surface area contributed by atoms with E-state index in [0.29, 0.717) is 11.5 Å². The lowest BCUT2D eigenvalue weighted by molar-refractivity contribution is 0.628. The number of hydrogen-bond donors (Lipinski definition) is 1. The van der Waals surface area contributed by atoms with Gasteiger partial charge in [-0.2, -0.15) is 0 Å². The highest BCUT2D eigenvalue weighted by Crippen LogP contribution is 2.29. The van der Waals surface area contributed by atoms with Crippen molar-refractivity contribution >= 4 is 22.8 Å². The minimum atomic E-state index is -0.276. The van der Waals surface area contributed by atoms with Crippen LogP contribution in [0.2, 0.25) is 0 Å². The van der Waals surface area contributed by atoms with Gasteiger partial charge in [-0.25, -0.2) is 9.37 Å². The van der Waals surface area contributed by atoms with E-state index in [2.05, 4.69) is 20.5 Å². The molecule has 0 saturated carbocycles. The molecule has 3 aromatic heterocycles. The molecular formula is C24H16FN5S. The minimum absolute atomic E-state index is 0.276. The summed E-state index contributed by atoms with van der Waals surface area (Å²) in [7, 11) is 0. The van der Waals surface area contributed by atoms with E-state index in [9.17, 15) is 4.39 Å². The van der Waals surface area contributed by atoms with Crippen molar-refractivity contribution < 1.29 is 4.39 Å². The lowest BCUT2D eigenvalue weighted by Crippen LogP contribution is -1.96. The minimum Gasteiger partial charge on any atom is -0.339 e. The Morgan fingerprint density at radius 1 is 0.742 bits per heavy atom. The standard InChI is InChI=1S/C24H16FN5S/c25-18-9-7-16(8-10-18)20-11-12-23(30-29-20)27-19-5-3-4-17(14-19)22-15-31-24(28-22)21-6-1-2-13-26-21/h1-15H,(H,27,30). The third-order valence-corrected chi connectivity index (χ3v) is 5.49. The Morgan fingerprint density at radius 2 is 1.65 bits per heavy atom. The van der Waals surface area contributed by atoms with Crippen molar-refractivity contribution in [2.45, 2.75) is 0 Å². The van der Waals surface area contributed by atoms with E-state index in [0.717, 1.165) is 33.2 Å². The molecule has 0 aliphatic rings. The van der Waals surface area contributed by atoms with Crippen LogP contribution in [-0.2, 0) is 0 Å². The van der Waals surface area contributed by atoms with Crippen molar-refractivity contribution in [3.05, 3.63) is 96.3 Å². The number of aromatic nitrogens is 4. The van der Waals surface area contributed by atoms with E-state index in [1.54, 1.807) is 29.7 Å². The predicted molar refractivity (Wildman–Crippen MR) is 121 cm³/mol. The molecule has 5 nitrogen and oxygen atoms in total. The monoisotopic (exact) mass is 425 g/mol. The third kappa shape index (κ3) is 4.31. The molecule has 31 heavy (non-hydrogen) atoms. The fraction of sp³-hybridized carbons (Fsp3) is 0. The van der Waals surface area contributed by atoms with E-state index < -0.39 is 0 Å². The van der Waals surface area contributed by atoms with Gasteiger partial charge >= 0.3 is 0 Å². The molecule has 2 aromatic carbocycles. The molecule has 0 spiro atoms. The molecule has 0 unspecified atom stereocenters. The van der Waals surface area contributed by atoms with Gasteiger partial charge in [-0.3, -0.25) is 4.98 Å². The van der Waals surface area contributed by atoms with Crippen molar-refractivity contribution in [2.24, 2.45) is 0 Å². The molecule has 0 aliphatic carbocycles. The number of halogens is 1. The summed E-state index contributed by atoms with van der Waals surface area (Å²) in [5.41, 5.74) is 5.14. The fourth-order valence-electron chi connectivity index (χ4n) is 3.09. The maximum atomic E-state index is 13.1. The number of nitrogens with zero attached hydrogens (tertiary/aromatic N) is 4. The van der Waals surface area contributed by atoms with Crippen LogP contribution < -0.4 is 5.32 Å². The summed E-state index contributed by atoms with van der Waals surface area (Å²) in [5, 5.41) is 14.7. The Labute approximate surface area is 182 Å². The van der Waals surface area contributed by atoms with Crippen molar-refractivity contribution in [1.29, 1.82) is 0 Å². The van der Waals surface area contributed by atoms with Crippen LogP contribution >= 0.6 is 11.3 Å². The third-order valence-electron chi connectivity index (χ3n) is 4.62. The molecule has 0 fully saturated rings. The number of hydrogen-bond acceptors (Lipinski definition) is 6. The molecule has 0 amide bonds. The second kappa shape index (κ2) is 8.41. The second-order valence-electron chi connectivity index (χ2n) is 6.77. The van der Waals surface area contributed by atoms with Crippen LogP contribution in [-0.4, -0.2) is 20.2 Å². The summed E-state index contributed by atoms with van der Waals surface area (Å²) < 4.78 is 13.1. The van der Waals surface area contributed by atoms with Crippen LogP contribution in [0.25, 0.3) is 33.2 Å². The number of benzene rings is 2. The van der Waals surface area contributed by atoms with Gasteiger partial charge in [0.2, 0.25) is 0 Å². The van der Waals surface area contributed by atoms with Crippen LogP contribution in [0.4, 0.5) is 15.9 Å². The number of nitrogens with one attached hydrogen (secondary N) is 1. The van der Waals surface area contributed by atoms with E-state index in [1.165, 1.54) is 12.1 Å². The Kier molecular flexibility index (Phi) is 5.16. The molecule has 7 heteroatoms. The molecular weight excluding hydrogens is 409 g/mol. The van der Waals surface area contributed by atoms with Crippen LogP contribution in [0, 0.1) is 5.82 Å². The van der Waals surface area contributed by atoms with Gasteiger partial charge < -0.3 is 5.32 Å². The van der Waals surface area contributed by atoms with Gasteiger partial charge in [0, 0.05) is 28.4 Å². The highest BCUT2D eigenvalue weighted by atomic mass is 32.1. The summed E-state index contributed by atoms with van der Waals surface area (Å²) in [5.74, 6) is 0.345. The first-order chi connectivity index (χ1) is 15.2. The number of anilines is 2. The van der Waals surface area contributed by atoms with E-state index in [-0.39, 0.29) is 5.82 Å². The molecule has 0 radical (unpaired) electrons. The van der Waals surface area contributed by atoms with E-state index >= 15 is 0 Å². The first-order valence-corrected chi connectivity index (χ1v) is 10.5. The summed E-state index contributed by atoms with van der Waals surface area (Å²) in [6, 6.07) is 23.7. The average molecular weight is 425 g/mol. The number of rotatable bonds is 5. The summed E-state index contributed by atoms with van der Waals surface area (Å²) in [6.07, 6.45) is 1.77. The quantitative estimate of drug-likeness (QED) is 0.363. The molecule has 5 rings (SSSR count). The molecule has 150 valence electrons. The lowest BCUT2D eigenvalue weighted by atomic mass is 10.1. The van der Waals surface area contributed by atoms with Crippen molar-refractivity contribution in [2.75, 3.05) is 5.32 Å². The van der Waals surface area contributed by atoms with Gasteiger partial charge in [0.1, 0.15) is 10.8 Å². The summed E-state index contributed by atoms with van der Waals surface area (Å²) in [6.45, 7) is 0. The number of pyridine rings is 1. The van der Waals surface area contributed by atoms with Crippen LogP contribution in [0.1, 0.15) is 0 Å². The van der Waals surface area contributed by atoms with Gasteiger partial charge in [-0.15, -0.1) is 21.5 Å². The highest BCUT2D eigenvalue weighted by Gasteiger charge is 2.08.